The summed E-state index contributed by atoms with van der Waals surface area (Å²) in [5.41, 5.74) is 1.05. The Morgan fingerprint density at radius 1 is 0.800 bits per heavy atom. The van der Waals surface area contributed by atoms with Crippen LogP contribution in [0.4, 0.5) is 5.69 Å². The maximum atomic E-state index is 9.87. The summed E-state index contributed by atoms with van der Waals surface area (Å²) in [6.07, 6.45) is 0. The molecule has 2 aromatic carbocycles. The highest BCUT2D eigenvalue weighted by molar-refractivity contribution is 6.41. The standard InChI is InChI=1S/C13H8Cl5NO/c14-7-1-6(13(20)11(18)4-7)5-19-12-9(16)2-8(15)3-10(12)17/h1-4,19-20H,5H2. The topological polar surface area (TPSA) is 32.3 Å². The van der Waals surface area contributed by atoms with Gasteiger partial charge in [-0.15, -0.1) is 0 Å². The van der Waals surface area contributed by atoms with Crippen LogP contribution in [-0.4, -0.2) is 5.11 Å². The maximum absolute atomic E-state index is 9.87. The number of phenolic OH excluding ortho intramolecular Hbond substituents is 1. The van der Waals surface area contributed by atoms with Crippen LogP contribution in [0.25, 0.3) is 0 Å². The van der Waals surface area contributed by atoms with Gasteiger partial charge >= 0.3 is 0 Å². The molecule has 2 aromatic rings. The Balaban J connectivity index is 2.26. The summed E-state index contributed by atoms with van der Waals surface area (Å²) in [7, 11) is 0. The second-order valence-electron chi connectivity index (χ2n) is 3.99. The van der Waals surface area contributed by atoms with Crippen molar-refractivity contribution in [3.05, 3.63) is 54.9 Å². The van der Waals surface area contributed by atoms with Crippen LogP contribution in [0, 0.1) is 0 Å². The summed E-state index contributed by atoms with van der Waals surface area (Å²) >= 11 is 29.7. The van der Waals surface area contributed by atoms with Crippen molar-refractivity contribution in [1.29, 1.82) is 0 Å². The van der Waals surface area contributed by atoms with E-state index >= 15 is 0 Å². The number of benzene rings is 2. The molecule has 0 aromatic heterocycles. The van der Waals surface area contributed by atoms with Gasteiger partial charge in [0.15, 0.2) is 0 Å². The molecule has 0 heterocycles. The van der Waals surface area contributed by atoms with Gasteiger partial charge in [0.2, 0.25) is 0 Å². The van der Waals surface area contributed by atoms with E-state index in [0.717, 1.165) is 0 Å². The number of hydrogen-bond acceptors (Lipinski definition) is 2. The van der Waals surface area contributed by atoms with Crippen molar-refractivity contribution >= 4 is 63.7 Å². The first-order valence-electron chi connectivity index (χ1n) is 5.44. The van der Waals surface area contributed by atoms with Gasteiger partial charge in [-0.2, -0.15) is 0 Å². The van der Waals surface area contributed by atoms with Gasteiger partial charge in [-0.1, -0.05) is 58.0 Å². The minimum atomic E-state index is -0.0372. The smallest absolute Gasteiger partial charge is 0.139 e. The number of phenols is 1. The third-order valence-corrected chi connectivity index (χ3v) is 3.89. The van der Waals surface area contributed by atoms with E-state index < -0.39 is 0 Å². The Labute approximate surface area is 141 Å². The molecule has 0 amide bonds. The van der Waals surface area contributed by atoms with Crippen molar-refractivity contribution in [2.45, 2.75) is 6.54 Å². The molecule has 0 radical (unpaired) electrons. The van der Waals surface area contributed by atoms with Crippen LogP contribution in [0.2, 0.25) is 25.1 Å². The minimum Gasteiger partial charge on any atom is -0.506 e. The van der Waals surface area contributed by atoms with Crippen LogP contribution in [0.5, 0.6) is 5.75 Å². The van der Waals surface area contributed by atoms with E-state index in [1.54, 1.807) is 18.2 Å². The quantitative estimate of drug-likeness (QED) is 0.666. The zero-order valence-corrected chi connectivity index (χ0v) is 13.6. The summed E-state index contributed by atoms with van der Waals surface area (Å²) in [5, 5.41) is 14.7. The lowest BCUT2D eigenvalue weighted by atomic mass is 10.2. The van der Waals surface area contributed by atoms with E-state index in [4.69, 9.17) is 58.0 Å². The molecule has 0 aliphatic rings. The molecule has 2 rings (SSSR count). The molecule has 106 valence electrons. The van der Waals surface area contributed by atoms with Crippen LogP contribution in [0.1, 0.15) is 5.56 Å². The molecule has 20 heavy (non-hydrogen) atoms. The van der Waals surface area contributed by atoms with Crippen LogP contribution < -0.4 is 5.32 Å². The van der Waals surface area contributed by atoms with Crippen LogP contribution in [0.3, 0.4) is 0 Å². The number of rotatable bonds is 3. The molecule has 0 atom stereocenters. The first-order valence-corrected chi connectivity index (χ1v) is 7.32. The molecule has 2 N–H and O–H groups in total. The fourth-order valence-corrected chi connectivity index (χ4v) is 3.13. The van der Waals surface area contributed by atoms with Gasteiger partial charge in [0, 0.05) is 22.2 Å². The summed E-state index contributed by atoms with van der Waals surface area (Å²) in [6, 6.07) is 6.21. The fourth-order valence-electron chi connectivity index (χ4n) is 1.65. The van der Waals surface area contributed by atoms with Crippen LogP contribution >= 0.6 is 58.0 Å². The third kappa shape index (κ3) is 3.57. The zero-order chi connectivity index (χ0) is 14.9. The first kappa shape index (κ1) is 15.9. The zero-order valence-electron chi connectivity index (χ0n) is 9.85. The second-order valence-corrected chi connectivity index (χ2v) is 6.09. The first-order chi connectivity index (χ1) is 9.38. The molecule has 0 fully saturated rings. The van der Waals surface area contributed by atoms with Gasteiger partial charge in [-0.05, 0) is 24.3 Å². The van der Waals surface area contributed by atoms with Crippen LogP contribution in [-0.2, 0) is 6.54 Å². The highest BCUT2D eigenvalue weighted by Crippen LogP contribution is 2.36. The summed E-state index contributed by atoms with van der Waals surface area (Å²) in [5.74, 6) is -0.0372. The predicted molar refractivity (Wildman–Crippen MR) is 86.9 cm³/mol. The minimum absolute atomic E-state index is 0.0372. The van der Waals surface area contributed by atoms with E-state index in [-0.39, 0.29) is 17.3 Å². The Kier molecular flexibility index (Phi) is 5.16. The van der Waals surface area contributed by atoms with Crippen molar-refractivity contribution in [3.8, 4) is 5.75 Å². The average Bonchev–Trinajstić information content (AvgIpc) is 2.33. The van der Waals surface area contributed by atoms with Gasteiger partial charge in [0.05, 0.1) is 20.8 Å². The van der Waals surface area contributed by atoms with Crippen molar-refractivity contribution in [2.75, 3.05) is 5.32 Å². The highest BCUT2D eigenvalue weighted by Gasteiger charge is 2.11. The Bertz CT molecular complexity index is 636. The molecular formula is C13H8Cl5NO. The molecule has 0 saturated heterocycles. The molecule has 0 unspecified atom stereocenters. The Morgan fingerprint density at radius 3 is 1.90 bits per heavy atom. The van der Waals surface area contributed by atoms with E-state index in [1.807, 2.05) is 0 Å². The normalized spacial score (nSPS) is 10.7. The summed E-state index contributed by atoms with van der Waals surface area (Å²) < 4.78 is 0. The molecule has 0 spiro atoms. The van der Waals surface area contributed by atoms with Gasteiger partial charge in [-0.25, -0.2) is 0 Å². The van der Waals surface area contributed by atoms with Gasteiger partial charge < -0.3 is 10.4 Å². The predicted octanol–water partition coefficient (Wildman–Crippen LogP) is 6.27. The maximum Gasteiger partial charge on any atom is 0.139 e. The lowest BCUT2D eigenvalue weighted by Crippen LogP contribution is -2.01. The van der Waals surface area contributed by atoms with Crippen molar-refractivity contribution in [2.24, 2.45) is 0 Å². The monoisotopic (exact) mass is 369 g/mol. The van der Waals surface area contributed by atoms with Crippen LogP contribution in [0.15, 0.2) is 24.3 Å². The average molecular weight is 371 g/mol. The van der Waals surface area contributed by atoms with E-state index in [9.17, 15) is 5.11 Å². The Hall–Kier alpha value is -0.510. The molecular weight excluding hydrogens is 363 g/mol. The van der Waals surface area contributed by atoms with Gasteiger partial charge in [-0.3, -0.25) is 0 Å². The molecule has 0 aliphatic carbocycles. The number of hydrogen-bond donors (Lipinski definition) is 2. The number of halogens is 5. The fraction of sp³-hybridized carbons (Fsp3) is 0.0769. The summed E-state index contributed by atoms with van der Waals surface area (Å²) in [6.45, 7) is 0.257. The summed E-state index contributed by atoms with van der Waals surface area (Å²) in [4.78, 5) is 0. The third-order valence-electron chi connectivity index (χ3n) is 2.57. The van der Waals surface area contributed by atoms with E-state index in [1.165, 1.54) is 6.07 Å². The lowest BCUT2D eigenvalue weighted by molar-refractivity contribution is 0.469. The van der Waals surface area contributed by atoms with Crippen molar-refractivity contribution in [3.63, 3.8) is 0 Å². The molecule has 7 heteroatoms. The van der Waals surface area contributed by atoms with Gasteiger partial charge in [0.1, 0.15) is 5.75 Å². The number of aromatic hydroxyl groups is 1. The molecule has 0 aliphatic heterocycles. The van der Waals surface area contributed by atoms with E-state index in [0.29, 0.717) is 31.3 Å². The largest absolute Gasteiger partial charge is 0.506 e. The highest BCUT2D eigenvalue weighted by atomic mass is 35.5. The SMILES string of the molecule is Oc1c(Cl)cc(Cl)cc1CNc1c(Cl)cc(Cl)cc1Cl. The lowest BCUT2D eigenvalue weighted by Gasteiger charge is -2.13. The molecule has 0 bridgehead atoms. The van der Waals surface area contributed by atoms with Gasteiger partial charge in [0.25, 0.3) is 0 Å². The molecule has 2 nitrogen and oxygen atoms in total. The molecule has 0 saturated carbocycles. The number of anilines is 1. The van der Waals surface area contributed by atoms with E-state index in [2.05, 4.69) is 5.32 Å². The second kappa shape index (κ2) is 6.50. The Morgan fingerprint density at radius 2 is 1.30 bits per heavy atom. The number of nitrogens with one attached hydrogen (secondary N) is 1. The van der Waals surface area contributed by atoms with Crippen molar-refractivity contribution in [1.82, 2.24) is 0 Å². The van der Waals surface area contributed by atoms with Crippen molar-refractivity contribution < 1.29 is 5.11 Å².